The third-order valence-corrected chi connectivity index (χ3v) is 3.22. The second kappa shape index (κ2) is 7.38. The van der Waals surface area contributed by atoms with Crippen LogP contribution in [-0.4, -0.2) is 16.5 Å². The van der Waals surface area contributed by atoms with Crippen molar-refractivity contribution in [2.24, 2.45) is 5.92 Å². The lowest BCUT2D eigenvalue weighted by Crippen LogP contribution is -2.19. The van der Waals surface area contributed by atoms with E-state index >= 15 is 0 Å². The average molecular weight is 306 g/mol. The van der Waals surface area contributed by atoms with Gasteiger partial charge in [-0.2, -0.15) is 0 Å². The van der Waals surface area contributed by atoms with Gasteiger partial charge < -0.3 is 10.1 Å². The number of nitrogens with zero attached hydrogens (tertiary/aromatic N) is 2. The first-order valence-electron chi connectivity index (χ1n) is 7.00. The predicted molar refractivity (Wildman–Crippen MR) is 84.8 cm³/mol. The summed E-state index contributed by atoms with van der Waals surface area (Å²) in [6.45, 7) is 7.90. The zero-order valence-electron chi connectivity index (χ0n) is 12.6. The minimum Gasteiger partial charge on any atom is -0.437 e. The Morgan fingerprint density at radius 1 is 1.24 bits per heavy atom. The molecule has 0 aromatic carbocycles. The van der Waals surface area contributed by atoms with Crippen molar-refractivity contribution in [2.75, 3.05) is 6.54 Å². The number of pyridine rings is 2. The Labute approximate surface area is 130 Å². The van der Waals surface area contributed by atoms with E-state index in [1.807, 2.05) is 25.1 Å². The summed E-state index contributed by atoms with van der Waals surface area (Å²) in [7, 11) is 0. The van der Waals surface area contributed by atoms with Gasteiger partial charge in [-0.3, -0.25) is 4.98 Å². The number of hydrogen-bond donors (Lipinski definition) is 1. The van der Waals surface area contributed by atoms with Gasteiger partial charge in [0, 0.05) is 24.5 Å². The minimum absolute atomic E-state index is 0.520. The van der Waals surface area contributed by atoms with Gasteiger partial charge in [-0.05, 0) is 37.1 Å². The zero-order chi connectivity index (χ0) is 15.2. The molecule has 0 aliphatic carbocycles. The van der Waals surface area contributed by atoms with Gasteiger partial charge in [0.2, 0.25) is 5.88 Å². The van der Waals surface area contributed by atoms with Crippen LogP contribution in [0, 0.1) is 12.8 Å². The minimum atomic E-state index is 0.520. The summed E-state index contributed by atoms with van der Waals surface area (Å²) >= 11 is 6.16. The zero-order valence-corrected chi connectivity index (χ0v) is 13.3. The molecule has 1 N–H and O–H groups in total. The average Bonchev–Trinajstić information content (AvgIpc) is 2.44. The molecule has 5 heteroatoms. The van der Waals surface area contributed by atoms with Crippen molar-refractivity contribution < 1.29 is 4.74 Å². The Morgan fingerprint density at radius 3 is 2.71 bits per heavy atom. The number of ether oxygens (including phenoxy) is 1. The van der Waals surface area contributed by atoms with Crippen molar-refractivity contribution in [3.8, 4) is 11.6 Å². The lowest BCUT2D eigenvalue weighted by Gasteiger charge is -2.10. The van der Waals surface area contributed by atoms with Gasteiger partial charge in [0.1, 0.15) is 5.75 Å². The lowest BCUT2D eigenvalue weighted by molar-refractivity contribution is 0.459. The highest BCUT2D eigenvalue weighted by molar-refractivity contribution is 6.31. The molecule has 0 spiro atoms. The maximum Gasteiger partial charge on any atom is 0.219 e. The van der Waals surface area contributed by atoms with Crippen LogP contribution in [0.2, 0.25) is 5.02 Å². The van der Waals surface area contributed by atoms with E-state index in [2.05, 4.69) is 29.1 Å². The van der Waals surface area contributed by atoms with E-state index in [4.69, 9.17) is 16.3 Å². The molecule has 0 aliphatic heterocycles. The van der Waals surface area contributed by atoms with E-state index < -0.39 is 0 Å². The van der Waals surface area contributed by atoms with Gasteiger partial charge in [-0.1, -0.05) is 25.4 Å². The standard InChI is InChI=1S/C16H20ClN3O/c1-11(2)7-18-8-13-6-16(20-10-15(13)17)21-14-5-4-12(3)19-9-14/h4-6,9-11,18H,7-8H2,1-3H3. The molecule has 2 aromatic heterocycles. The summed E-state index contributed by atoms with van der Waals surface area (Å²) in [5.74, 6) is 1.78. The predicted octanol–water partition coefficient (Wildman–Crippen LogP) is 3.98. The molecule has 0 fully saturated rings. The number of hydrogen-bond acceptors (Lipinski definition) is 4. The van der Waals surface area contributed by atoms with Crippen molar-refractivity contribution in [3.63, 3.8) is 0 Å². The molecule has 112 valence electrons. The molecule has 2 rings (SSSR count). The smallest absolute Gasteiger partial charge is 0.219 e. The van der Waals surface area contributed by atoms with Crippen LogP contribution >= 0.6 is 11.6 Å². The highest BCUT2D eigenvalue weighted by Gasteiger charge is 2.06. The SMILES string of the molecule is Cc1ccc(Oc2cc(CNCC(C)C)c(Cl)cn2)cn1. The third kappa shape index (κ3) is 4.99. The molecule has 0 unspecified atom stereocenters. The number of aromatic nitrogens is 2. The normalized spacial score (nSPS) is 10.9. The monoisotopic (exact) mass is 305 g/mol. The number of aryl methyl sites for hydroxylation is 1. The molecule has 0 saturated carbocycles. The van der Waals surface area contributed by atoms with Crippen molar-refractivity contribution in [1.29, 1.82) is 0 Å². The van der Waals surface area contributed by atoms with Crippen LogP contribution in [0.3, 0.4) is 0 Å². The van der Waals surface area contributed by atoms with Gasteiger partial charge in [-0.15, -0.1) is 0 Å². The Balaban J connectivity index is 2.05. The summed E-state index contributed by atoms with van der Waals surface area (Å²) in [5, 5.41) is 4.00. The van der Waals surface area contributed by atoms with Crippen LogP contribution in [0.4, 0.5) is 0 Å². The van der Waals surface area contributed by atoms with E-state index in [9.17, 15) is 0 Å². The second-order valence-corrected chi connectivity index (χ2v) is 5.78. The lowest BCUT2D eigenvalue weighted by atomic mass is 10.2. The van der Waals surface area contributed by atoms with Gasteiger partial charge in [0.25, 0.3) is 0 Å². The topological polar surface area (TPSA) is 47.0 Å². The molecule has 21 heavy (non-hydrogen) atoms. The van der Waals surface area contributed by atoms with Crippen molar-refractivity contribution in [3.05, 3.63) is 46.9 Å². The van der Waals surface area contributed by atoms with Crippen LogP contribution < -0.4 is 10.1 Å². The summed E-state index contributed by atoms with van der Waals surface area (Å²) in [4.78, 5) is 8.38. The first-order chi connectivity index (χ1) is 10.0. The van der Waals surface area contributed by atoms with E-state index in [0.717, 1.165) is 17.8 Å². The number of nitrogens with one attached hydrogen (secondary N) is 1. The second-order valence-electron chi connectivity index (χ2n) is 5.38. The van der Waals surface area contributed by atoms with Crippen LogP contribution in [-0.2, 0) is 6.54 Å². The van der Waals surface area contributed by atoms with Crippen molar-refractivity contribution in [2.45, 2.75) is 27.3 Å². The summed E-state index contributed by atoms with van der Waals surface area (Å²) < 4.78 is 5.70. The van der Waals surface area contributed by atoms with Gasteiger partial charge in [-0.25, -0.2) is 4.98 Å². The molecule has 0 amide bonds. The van der Waals surface area contributed by atoms with Crippen molar-refractivity contribution >= 4 is 11.6 Å². The molecular weight excluding hydrogens is 286 g/mol. The fraction of sp³-hybridized carbons (Fsp3) is 0.375. The van der Waals surface area contributed by atoms with Crippen LogP contribution in [0.25, 0.3) is 0 Å². The number of halogens is 1. The van der Waals surface area contributed by atoms with E-state index in [1.165, 1.54) is 0 Å². The quantitative estimate of drug-likeness (QED) is 0.877. The molecule has 2 heterocycles. The highest BCUT2D eigenvalue weighted by atomic mass is 35.5. The molecule has 0 bridgehead atoms. The molecule has 0 aliphatic rings. The fourth-order valence-corrected chi connectivity index (χ4v) is 1.95. The third-order valence-electron chi connectivity index (χ3n) is 2.88. The van der Waals surface area contributed by atoms with E-state index in [1.54, 1.807) is 12.4 Å². The van der Waals surface area contributed by atoms with Gasteiger partial charge in [0.15, 0.2) is 0 Å². The van der Waals surface area contributed by atoms with E-state index in [-0.39, 0.29) is 0 Å². The maximum atomic E-state index is 6.16. The number of rotatable bonds is 6. The molecule has 0 atom stereocenters. The Hall–Kier alpha value is -1.65. The summed E-state index contributed by atoms with van der Waals surface area (Å²) in [5.41, 5.74) is 1.92. The van der Waals surface area contributed by atoms with Gasteiger partial charge in [0.05, 0.1) is 11.2 Å². The Kier molecular flexibility index (Phi) is 5.53. The molecular formula is C16H20ClN3O. The van der Waals surface area contributed by atoms with Crippen LogP contribution in [0.5, 0.6) is 11.6 Å². The first-order valence-corrected chi connectivity index (χ1v) is 7.38. The van der Waals surface area contributed by atoms with Crippen LogP contribution in [0.1, 0.15) is 25.1 Å². The Bertz CT molecular complexity index is 585. The highest BCUT2D eigenvalue weighted by Crippen LogP contribution is 2.23. The van der Waals surface area contributed by atoms with Crippen LogP contribution in [0.15, 0.2) is 30.6 Å². The van der Waals surface area contributed by atoms with Gasteiger partial charge >= 0.3 is 0 Å². The summed E-state index contributed by atoms with van der Waals surface area (Å²) in [6, 6.07) is 5.63. The van der Waals surface area contributed by atoms with Crippen molar-refractivity contribution in [1.82, 2.24) is 15.3 Å². The molecule has 4 nitrogen and oxygen atoms in total. The Morgan fingerprint density at radius 2 is 2.05 bits per heavy atom. The maximum absolute atomic E-state index is 6.16. The first kappa shape index (κ1) is 15.7. The van der Waals surface area contributed by atoms with E-state index in [0.29, 0.717) is 29.1 Å². The fourth-order valence-electron chi connectivity index (χ4n) is 1.78. The largest absolute Gasteiger partial charge is 0.437 e. The summed E-state index contributed by atoms with van der Waals surface area (Å²) in [6.07, 6.45) is 3.30. The molecule has 2 aromatic rings. The molecule has 0 saturated heterocycles. The molecule has 0 radical (unpaired) electrons.